The van der Waals surface area contributed by atoms with Crippen LogP contribution in [0.15, 0.2) is 47.5 Å². The van der Waals surface area contributed by atoms with Crippen LogP contribution in [0.25, 0.3) is 0 Å². The molecule has 0 fully saturated rings. The summed E-state index contributed by atoms with van der Waals surface area (Å²) in [6.07, 6.45) is -0.00727. The van der Waals surface area contributed by atoms with Gasteiger partial charge in [0, 0.05) is 29.2 Å². The Balaban J connectivity index is 2.17. The lowest BCUT2D eigenvalue weighted by atomic mass is 9.98. The van der Waals surface area contributed by atoms with Crippen molar-refractivity contribution in [3.8, 4) is 0 Å². The molecule has 7 nitrogen and oxygen atoms in total. The van der Waals surface area contributed by atoms with Gasteiger partial charge in [-0.25, -0.2) is 0 Å². The minimum Gasteiger partial charge on any atom is -0.355 e. The van der Waals surface area contributed by atoms with E-state index in [2.05, 4.69) is 5.32 Å². The summed E-state index contributed by atoms with van der Waals surface area (Å²) in [5.41, 5.74) is 9.49. The van der Waals surface area contributed by atoms with E-state index in [4.69, 9.17) is 33.1 Å². The molecule has 0 radical (unpaired) electrons. The van der Waals surface area contributed by atoms with Crippen LogP contribution in [0.3, 0.4) is 0 Å². The number of hydrogen-bond acceptors (Lipinski definition) is 5. The van der Waals surface area contributed by atoms with Crippen LogP contribution in [0.5, 0.6) is 0 Å². The summed E-state index contributed by atoms with van der Waals surface area (Å²) < 4.78 is 0. The van der Waals surface area contributed by atoms with E-state index in [0.717, 1.165) is 16.7 Å². The van der Waals surface area contributed by atoms with Crippen molar-refractivity contribution in [3.63, 3.8) is 0 Å². The molecular formula is C22H25ClN6O. The van der Waals surface area contributed by atoms with E-state index in [1.807, 2.05) is 37.3 Å². The SMILES string of the molecule is CC(=N)N1C(=N)C(CC(=O)NCCN)N=C(c2ccc(Cl)cc2)c2cc(C)ccc21. The number of hydrogen-bond donors (Lipinski definition) is 4. The Morgan fingerprint density at radius 3 is 2.60 bits per heavy atom. The summed E-state index contributed by atoms with van der Waals surface area (Å²) in [5, 5.41) is 20.4. The summed E-state index contributed by atoms with van der Waals surface area (Å²) in [7, 11) is 0. The van der Waals surface area contributed by atoms with Gasteiger partial charge in [0.25, 0.3) is 0 Å². The standard InChI is InChI=1S/C22H25ClN6O/c1-13-3-8-19-17(11-13)21(15-4-6-16(23)7-5-15)28-18(12-20(30)27-10-9-24)22(26)29(19)14(2)25/h3-8,11,18,25-26H,9-10,12,24H2,1-2H3,(H,27,30). The Morgan fingerprint density at radius 2 is 1.97 bits per heavy atom. The van der Waals surface area contributed by atoms with Crippen LogP contribution in [0, 0.1) is 17.7 Å². The van der Waals surface area contributed by atoms with E-state index in [1.54, 1.807) is 24.0 Å². The molecule has 0 saturated heterocycles. The van der Waals surface area contributed by atoms with E-state index in [0.29, 0.717) is 29.5 Å². The molecule has 2 aromatic rings. The first-order valence-corrected chi connectivity index (χ1v) is 10.0. The molecule has 1 atom stereocenters. The lowest BCUT2D eigenvalue weighted by Crippen LogP contribution is -2.42. The second-order valence-electron chi connectivity index (χ2n) is 7.17. The van der Waals surface area contributed by atoms with Gasteiger partial charge in [0.2, 0.25) is 5.91 Å². The molecule has 5 N–H and O–H groups in total. The van der Waals surface area contributed by atoms with Crippen molar-refractivity contribution < 1.29 is 4.79 Å². The van der Waals surface area contributed by atoms with Gasteiger partial charge in [-0.05, 0) is 38.1 Å². The normalized spacial score (nSPS) is 15.9. The monoisotopic (exact) mass is 424 g/mol. The molecule has 1 amide bonds. The van der Waals surface area contributed by atoms with Crippen molar-refractivity contribution in [3.05, 3.63) is 64.2 Å². The summed E-state index contributed by atoms with van der Waals surface area (Å²) in [4.78, 5) is 18.8. The van der Waals surface area contributed by atoms with Crippen LogP contribution in [0.1, 0.15) is 30.0 Å². The van der Waals surface area contributed by atoms with Gasteiger partial charge in [0.05, 0.1) is 17.8 Å². The highest BCUT2D eigenvalue weighted by molar-refractivity contribution is 6.31. The maximum atomic E-state index is 12.4. The number of rotatable bonds is 5. The van der Waals surface area contributed by atoms with E-state index < -0.39 is 6.04 Å². The molecule has 0 spiro atoms. The number of nitrogens with zero attached hydrogens (tertiary/aromatic N) is 2. The lowest BCUT2D eigenvalue weighted by Gasteiger charge is -2.26. The third kappa shape index (κ3) is 4.58. The summed E-state index contributed by atoms with van der Waals surface area (Å²) >= 11 is 6.07. The Bertz CT molecular complexity index is 1010. The minimum atomic E-state index is -0.749. The fourth-order valence-electron chi connectivity index (χ4n) is 3.40. The molecule has 3 rings (SSSR count). The number of carbonyl (C=O) groups is 1. The fourth-order valence-corrected chi connectivity index (χ4v) is 3.53. The van der Waals surface area contributed by atoms with Crippen molar-refractivity contribution in [2.45, 2.75) is 26.3 Å². The van der Waals surface area contributed by atoms with Crippen LogP contribution in [0.4, 0.5) is 5.69 Å². The number of amidine groups is 2. The van der Waals surface area contributed by atoms with E-state index in [9.17, 15) is 4.79 Å². The smallest absolute Gasteiger partial charge is 0.222 e. The molecule has 1 unspecified atom stereocenters. The van der Waals surface area contributed by atoms with Crippen LogP contribution < -0.4 is 16.0 Å². The van der Waals surface area contributed by atoms with Gasteiger partial charge >= 0.3 is 0 Å². The number of halogens is 1. The topological polar surface area (TPSA) is 118 Å². The van der Waals surface area contributed by atoms with Gasteiger partial charge in [-0.3, -0.25) is 25.5 Å². The molecule has 30 heavy (non-hydrogen) atoms. The fraction of sp³-hybridized carbons (Fsp3) is 0.273. The molecule has 1 heterocycles. The highest BCUT2D eigenvalue weighted by atomic mass is 35.5. The molecular weight excluding hydrogens is 400 g/mol. The largest absolute Gasteiger partial charge is 0.355 e. The molecule has 1 aliphatic rings. The van der Waals surface area contributed by atoms with Gasteiger partial charge in [-0.1, -0.05) is 35.4 Å². The number of benzene rings is 2. The number of fused-ring (bicyclic) bond motifs is 1. The van der Waals surface area contributed by atoms with Gasteiger partial charge in [0.1, 0.15) is 17.7 Å². The first kappa shape index (κ1) is 21.7. The number of anilines is 1. The molecule has 2 aromatic carbocycles. The Labute approximate surface area is 181 Å². The van der Waals surface area contributed by atoms with Crippen LogP contribution in [-0.2, 0) is 4.79 Å². The summed E-state index contributed by atoms with van der Waals surface area (Å²) in [6, 6.07) is 12.4. The number of aryl methyl sites for hydroxylation is 1. The van der Waals surface area contributed by atoms with Crippen molar-refractivity contribution in [2.24, 2.45) is 10.7 Å². The van der Waals surface area contributed by atoms with Gasteiger partial charge in [-0.15, -0.1) is 0 Å². The van der Waals surface area contributed by atoms with Crippen molar-refractivity contribution >= 4 is 40.6 Å². The quantitative estimate of drug-likeness (QED) is 0.436. The summed E-state index contributed by atoms with van der Waals surface area (Å²) in [6.45, 7) is 4.30. The number of nitrogens with two attached hydrogens (primary N) is 1. The predicted molar refractivity (Wildman–Crippen MR) is 122 cm³/mol. The minimum absolute atomic E-state index is 0.00727. The number of amides is 1. The Kier molecular flexibility index (Phi) is 6.64. The second-order valence-corrected chi connectivity index (χ2v) is 7.61. The van der Waals surface area contributed by atoms with Gasteiger partial charge in [-0.2, -0.15) is 0 Å². The third-order valence-corrected chi connectivity index (χ3v) is 5.04. The molecule has 8 heteroatoms. The van der Waals surface area contributed by atoms with Gasteiger partial charge in [0.15, 0.2) is 0 Å². The zero-order valence-corrected chi connectivity index (χ0v) is 17.8. The maximum absolute atomic E-state index is 12.4. The average Bonchev–Trinajstić information content (AvgIpc) is 2.82. The number of carbonyl (C=O) groups excluding carboxylic acids is 1. The van der Waals surface area contributed by atoms with Crippen molar-refractivity contribution in [1.29, 1.82) is 10.8 Å². The van der Waals surface area contributed by atoms with Crippen molar-refractivity contribution in [2.75, 3.05) is 18.0 Å². The van der Waals surface area contributed by atoms with E-state index in [-0.39, 0.29) is 24.0 Å². The zero-order valence-electron chi connectivity index (χ0n) is 17.0. The second kappa shape index (κ2) is 9.19. The molecule has 0 bridgehead atoms. The highest BCUT2D eigenvalue weighted by Crippen LogP contribution is 2.31. The van der Waals surface area contributed by atoms with Crippen LogP contribution in [-0.4, -0.2) is 42.4 Å². The summed E-state index contributed by atoms with van der Waals surface area (Å²) in [5.74, 6) is 0.0311. The Hall–Kier alpha value is -3.03. The molecule has 0 aliphatic carbocycles. The zero-order chi connectivity index (χ0) is 21.8. The third-order valence-electron chi connectivity index (χ3n) is 4.79. The molecule has 1 aliphatic heterocycles. The molecule has 156 valence electrons. The highest BCUT2D eigenvalue weighted by Gasteiger charge is 2.31. The van der Waals surface area contributed by atoms with Crippen LogP contribution in [0.2, 0.25) is 5.02 Å². The maximum Gasteiger partial charge on any atom is 0.222 e. The molecule has 0 aromatic heterocycles. The number of aliphatic imine (C=N–C) groups is 1. The average molecular weight is 425 g/mol. The Morgan fingerprint density at radius 1 is 1.27 bits per heavy atom. The van der Waals surface area contributed by atoms with E-state index >= 15 is 0 Å². The van der Waals surface area contributed by atoms with Crippen LogP contribution >= 0.6 is 11.6 Å². The predicted octanol–water partition coefficient (Wildman–Crippen LogP) is 3.11. The first-order valence-electron chi connectivity index (χ1n) is 9.67. The first-order chi connectivity index (χ1) is 14.3. The number of benzodiazepines with no additional fused rings is 1. The lowest BCUT2D eigenvalue weighted by molar-refractivity contribution is -0.121. The van der Waals surface area contributed by atoms with Crippen molar-refractivity contribution in [1.82, 2.24) is 5.32 Å². The number of nitrogens with one attached hydrogen (secondary N) is 3. The van der Waals surface area contributed by atoms with Gasteiger partial charge < -0.3 is 11.1 Å². The van der Waals surface area contributed by atoms with E-state index in [1.165, 1.54) is 0 Å². The molecule has 0 saturated carbocycles.